The van der Waals surface area contributed by atoms with E-state index in [9.17, 15) is 9.59 Å². The molecule has 0 spiro atoms. The molecule has 0 unspecified atom stereocenters. The quantitative estimate of drug-likeness (QED) is 0.803. The maximum atomic E-state index is 12.1. The fraction of sp³-hybridized carbons (Fsp3) is 0.0667. The first-order valence-corrected chi connectivity index (χ1v) is 6.81. The van der Waals surface area contributed by atoms with Gasteiger partial charge in [-0.2, -0.15) is 0 Å². The van der Waals surface area contributed by atoms with Crippen molar-refractivity contribution in [3.05, 3.63) is 70.1 Å². The largest absolute Gasteiger partial charge is 0.268 e. The number of fused-ring (bicyclic) bond motifs is 1. The lowest BCUT2D eigenvalue weighted by Crippen LogP contribution is -2.23. The van der Waals surface area contributed by atoms with Crippen molar-refractivity contribution in [2.45, 2.75) is 6.42 Å². The summed E-state index contributed by atoms with van der Waals surface area (Å²) in [6.45, 7) is 0. The number of allylic oxidation sites excluding steroid dienone is 1. The summed E-state index contributed by atoms with van der Waals surface area (Å²) in [4.78, 5) is 26.5. The van der Waals surface area contributed by atoms with Crippen LogP contribution in [0.5, 0.6) is 0 Å². The molecule has 19 heavy (non-hydrogen) atoms. The van der Waals surface area contributed by atoms with Crippen molar-refractivity contribution in [2.24, 2.45) is 0 Å². The molecule has 1 aliphatic rings. The first kappa shape index (κ1) is 11.9. The molecule has 3 nitrogen and oxygen atoms in total. The number of rotatable bonds is 3. The monoisotopic (exact) mass is 269 g/mol. The molecule has 3 rings (SSSR count). The smallest absolute Gasteiger partial charge is 0.265 e. The van der Waals surface area contributed by atoms with E-state index in [2.05, 4.69) is 0 Å². The summed E-state index contributed by atoms with van der Waals surface area (Å²) in [5.41, 5.74) is 0.960. The molecule has 4 heteroatoms. The summed E-state index contributed by atoms with van der Waals surface area (Å²) in [6, 6.07) is 10.9. The van der Waals surface area contributed by atoms with Crippen molar-refractivity contribution in [2.75, 3.05) is 0 Å². The molecule has 0 saturated heterocycles. The second-order valence-electron chi connectivity index (χ2n) is 4.19. The SMILES string of the molecule is O=C1c2ccccc2C(=O)N1C=CCc1cccs1. The summed E-state index contributed by atoms with van der Waals surface area (Å²) in [7, 11) is 0. The normalized spacial score (nSPS) is 14.4. The fourth-order valence-corrected chi connectivity index (χ4v) is 2.73. The molecule has 1 aromatic carbocycles. The zero-order valence-corrected chi connectivity index (χ0v) is 10.9. The first-order chi connectivity index (χ1) is 9.27. The van der Waals surface area contributed by atoms with E-state index >= 15 is 0 Å². The minimum absolute atomic E-state index is 0.247. The van der Waals surface area contributed by atoms with Gasteiger partial charge < -0.3 is 0 Å². The van der Waals surface area contributed by atoms with Gasteiger partial charge in [0.15, 0.2) is 0 Å². The highest BCUT2D eigenvalue weighted by Gasteiger charge is 2.33. The Kier molecular flexibility index (Phi) is 3.01. The molecule has 0 aliphatic carbocycles. The van der Waals surface area contributed by atoms with Crippen LogP contribution in [0.3, 0.4) is 0 Å². The summed E-state index contributed by atoms with van der Waals surface area (Å²) in [6.07, 6.45) is 4.14. The number of carbonyl (C=O) groups is 2. The van der Waals surface area contributed by atoms with Crippen molar-refractivity contribution in [1.29, 1.82) is 0 Å². The third-order valence-electron chi connectivity index (χ3n) is 2.98. The Labute approximate surface area is 114 Å². The van der Waals surface area contributed by atoms with Gasteiger partial charge in [-0.1, -0.05) is 24.3 Å². The molecule has 94 valence electrons. The minimum Gasteiger partial charge on any atom is -0.268 e. The molecule has 0 atom stereocenters. The Bertz CT molecular complexity index is 624. The molecule has 1 aromatic heterocycles. The van der Waals surface area contributed by atoms with Gasteiger partial charge in [0.25, 0.3) is 11.8 Å². The predicted molar refractivity (Wildman–Crippen MR) is 74.1 cm³/mol. The number of carbonyl (C=O) groups excluding carboxylic acids is 2. The molecule has 0 bridgehead atoms. The Hall–Kier alpha value is -2.20. The summed E-state index contributed by atoms with van der Waals surface area (Å²) in [5, 5.41) is 2.01. The lowest BCUT2D eigenvalue weighted by Gasteiger charge is -2.06. The number of thiophene rings is 1. The summed E-state index contributed by atoms with van der Waals surface area (Å²) < 4.78 is 0. The Morgan fingerprint density at radius 1 is 1.00 bits per heavy atom. The molecule has 2 heterocycles. The van der Waals surface area contributed by atoms with Gasteiger partial charge in [-0.25, -0.2) is 4.90 Å². The van der Waals surface area contributed by atoms with Crippen LogP contribution in [0.15, 0.2) is 54.1 Å². The van der Waals surface area contributed by atoms with E-state index in [0.29, 0.717) is 11.1 Å². The van der Waals surface area contributed by atoms with Gasteiger partial charge in [0.05, 0.1) is 11.1 Å². The van der Waals surface area contributed by atoms with E-state index in [1.165, 1.54) is 9.78 Å². The zero-order valence-electron chi connectivity index (χ0n) is 10.1. The Morgan fingerprint density at radius 2 is 1.68 bits per heavy atom. The van der Waals surface area contributed by atoms with Crippen LogP contribution in [0, 0.1) is 0 Å². The van der Waals surface area contributed by atoms with Crippen LogP contribution in [0.2, 0.25) is 0 Å². The van der Waals surface area contributed by atoms with E-state index in [1.54, 1.807) is 41.8 Å². The topological polar surface area (TPSA) is 37.4 Å². The van der Waals surface area contributed by atoms with Crippen LogP contribution in [0.4, 0.5) is 0 Å². The third kappa shape index (κ3) is 2.11. The van der Waals surface area contributed by atoms with Gasteiger partial charge in [0.2, 0.25) is 0 Å². The lowest BCUT2D eigenvalue weighted by atomic mass is 10.1. The molecule has 2 amide bonds. The van der Waals surface area contributed by atoms with Crippen LogP contribution in [-0.4, -0.2) is 16.7 Å². The standard InChI is InChI=1S/C15H11NO2S/c17-14-12-7-1-2-8-13(12)15(18)16(14)9-3-5-11-6-4-10-19-11/h1-4,6-10H,5H2. The predicted octanol–water partition coefficient (Wildman–Crippen LogP) is 3.10. The van der Waals surface area contributed by atoms with Gasteiger partial charge in [-0.05, 0) is 23.6 Å². The molecule has 0 N–H and O–H groups in total. The van der Waals surface area contributed by atoms with Gasteiger partial charge >= 0.3 is 0 Å². The van der Waals surface area contributed by atoms with Gasteiger partial charge in [0, 0.05) is 17.5 Å². The Morgan fingerprint density at radius 3 is 2.26 bits per heavy atom. The second kappa shape index (κ2) is 4.82. The van der Waals surface area contributed by atoms with Crippen LogP contribution in [0.25, 0.3) is 0 Å². The Balaban J connectivity index is 1.79. The molecule has 0 radical (unpaired) electrons. The van der Waals surface area contributed by atoms with E-state index in [4.69, 9.17) is 0 Å². The fourth-order valence-electron chi connectivity index (χ4n) is 2.05. The number of benzene rings is 1. The van der Waals surface area contributed by atoms with Crippen LogP contribution in [0.1, 0.15) is 25.6 Å². The van der Waals surface area contributed by atoms with E-state index < -0.39 is 0 Å². The molecule has 0 saturated carbocycles. The van der Waals surface area contributed by atoms with Crippen molar-refractivity contribution < 1.29 is 9.59 Å². The van der Waals surface area contributed by atoms with Crippen molar-refractivity contribution in [3.8, 4) is 0 Å². The highest BCUT2D eigenvalue weighted by molar-refractivity contribution is 7.09. The molecular formula is C15H11NO2S. The maximum absolute atomic E-state index is 12.1. The van der Waals surface area contributed by atoms with Crippen molar-refractivity contribution in [1.82, 2.24) is 4.90 Å². The number of amides is 2. The lowest BCUT2D eigenvalue weighted by molar-refractivity contribution is 0.0721. The van der Waals surface area contributed by atoms with Crippen LogP contribution in [-0.2, 0) is 6.42 Å². The molecule has 0 fully saturated rings. The maximum Gasteiger partial charge on any atom is 0.265 e. The van der Waals surface area contributed by atoms with Crippen LogP contribution < -0.4 is 0 Å². The second-order valence-corrected chi connectivity index (χ2v) is 5.23. The number of hydrogen-bond acceptors (Lipinski definition) is 3. The summed E-state index contributed by atoms with van der Waals surface area (Å²) in [5.74, 6) is -0.494. The number of nitrogens with zero attached hydrogens (tertiary/aromatic N) is 1. The average Bonchev–Trinajstić information content (AvgIpc) is 3.02. The van der Waals surface area contributed by atoms with Gasteiger partial charge in [-0.3, -0.25) is 9.59 Å². The van der Waals surface area contributed by atoms with Crippen LogP contribution >= 0.6 is 11.3 Å². The van der Waals surface area contributed by atoms with Gasteiger partial charge in [-0.15, -0.1) is 11.3 Å². The average molecular weight is 269 g/mol. The number of hydrogen-bond donors (Lipinski definition) is 0. The van der Waals surface area contributed by atoms with E-state index in [1.807, 2.05) is 23.6 Å². The van der Waals surface area contributed by atoms with E-state index in [-0.39, 0.29) is 11.8 Å². The molecular weight excluding hydrogens is 258 g/mol. The third-order valence-corrected chi connectivity index (χ3v) is 3.88. The zero-order chi connectivity index (χ0) is 13.2. The van der Waals surface area contributed by atoms with Crippen molar-refractivity contribution in [3.63, 3.8) is 0 Å². The van der Waals surface area contributed by atoms with Crippen molar-refractivity contribution >= 4 is 23.2 Å². The number of imide groups is 1. The summed E-state index contributed by atoms with van der Waals surface area (Å²) >= 11 is 1.65. The highest BCUT2D eigenvalue weighted by atomic mass is 32.1. The van der Waals surface area contributed by atoms with Gasteiger partial charge in [0.1, 0.15) is 0 Å². The highest BCUT2D eigenvalue weighted by Crippen LogP contribution is 2.22. The van der Waals surface area contributed by atoms with E-state index in [0.717, 1.165) is 6.42 Å². The first-order valence-electron chi connectivity index (χ1n) is 5.93. The minimum atomic E-state index is -0.247. The molecule has 2 aromatic rings. The molecule has 1 aliphatic heterocycles.